The Bertz CT molecular complexity index is 568. The Kier molecular flexibility index (Phi) is 8.58. The molecule has 1 heterocycles. The fraction of sp³-hybridized carbons (Fsp3) is 0.600. The van der Waals surface area contributed by atoms with Crippen molar-refractivity contribution in [3.63, 3.8) is 0 Å². The number of unbranched alkanes of at least 4 members (excludes halogenated alkanes) is 1. The van der Waals surface area contributed by atoms with Gasteiger partial charge in [-0.3, -0.25) is 9.69 Å². The molecule has 26 heavy (non-hydrogen) atoms. The first kappa shape index (κ1) is 20.4. The summed E-state index contributed by atoms with van der Waals surface area (Å²) in [7, 11) is 0. The monoisotopic (exact) mass is 362 g/mol. The first-order chi connectivity index (χ1) is 12.6. The number of benzene rings is 1. The first-order valence-electron chi connectivity index (χ1n) is 9.49. The van der Waals surface area contributed by atoms with Crippen molar-refractivity contribution in [1.29, 1.82) is 0 Å². The molecule has 1 atom stereocenters. The smallest absolute Gasteiger partial charge is 0.338 e. The van der Waals surface area contributed by atoms with Crippen molar-refractivity contribution >= 4 is 17.6 Å². The number of nitrogens with zero attached hydrogens (tertiary/aromatic N) is 1. The molecule has 1 N–H and O–H groups in total. The molecule has 0 bridgehead atoms. The second-order valence-electron chi connectivity index (χ2n) is 6.65. The molecule has 0 aliphatic carbocycles. The van der Waals surface area contributed by atoms with Crippen LogP contribution in [0.3, 0.4) is 0 Å². The number of morpholine rings is 1. The number of carbonyl (C=O) groups excluding carboxylic acids is 2. The molecule has 2 rings (SSSR count). The second kappa shape index (κ2) is 10.9. The van der Waals surface area contributed by atoms with Crippen molar-refractivity contribution in [2.24, 2.45) is 0 Å². The highest BCUT2D eigenvalue weighted by atomic mass is 16.5. The van der Waals surface area contributed by atoms with Gasteiger partial charge in [-0.25, -0.2) is 4.79 Å². The van der Waals surface area contributed by atoms with E-state index in [1.807, 2.05) is 6.92 Å². The molecule has 0 saturated carbocycles. The van der Waals surface area contributed by atoms with Crippen molar-refractivity contribution in [2.75, 3.05) is 38.2 Å². The van der Waals surface area contributed by atoms with Gasteiger partial charge in [-0.15, -0.1) is 0 Å². The molecule has 1 saturated heterocycles. The topological polar surface area (TPSA) is 67.9 Å². The van der Waals surface area contributed by atoms with Crippen LogP contribution in [0, 0.1) is 0 Å². The molecule has 1 aliphatic rings. The van der Waals surface area contributed by atoms with Crippen LogP contribution in [0.5, 0.6) is 0 Å². The number of ether oxygens (including phenoxy) is 2. The van der Waals surface area contributed by atoms with Gasteiger partial charge in [0.25, 0.3) is 0 Å². The van der Waals surface area contributed by atoms with E-state index in [4.69, 9.17) is 9.47 Å². The van der Waals surface area contributed by atoms with Crippen molar-refractivity contribution in [3.8, 4) is 0 Å². The summed E-state index contributed by atoms with van der Waals surface area (Å²) in [4.78, 5) is 26.4. The third-order valence-corrected chi connectivity index (χ3v) is 4.59. The van der Waals surface area contributed by atoms with Crippen LogP contribution in [0.4, 0.5) is 5.69 Å². The summed E-state index contributed by atoms with van der Waals surface area (Å²) >= 11 is 0. The maximum Gasteiger partial charge on any atom is 0.338 e. The van der Waals surface area contributed by atoms with Crippen LogP contribution >= 0.6 is 0 Å². The highest BCUT2D eigenvalue weighted by Gasteiger charge is 2.17. The predicted octanol–water partition coefficient (Wildman–Crippen LogP) is 3.08. The van der Waals surface area contributed by atoms with Crippen LogP contribution in [0.2, 0.25) is 0 Å². The lowest BCUT2D eigenvalue weighted by Gasteiger charge is -2.32. The van der Waals surface area contributed by atoms with E-state index in [2.05, 4.69) is 17.1 Å². The van der Waals surface area contributed by atoms with E-state index < -0.39 is 0 Å². The number of rotatable bonds is 9. The molecule has 0 radical (unpaired) electrons. The molecule has 0 aromatic heterocycles. The van der Waals surface area contributed by atoms with E-state index in [0.29, 0.717) is 30.3 Å². The summed E-state index contributed by atoms with van der Waals surface area (Å²) in [5.74, 6) is -0.334. The minimum absolute atomic E-state index is 0.0108. The number of anilines is 1. The Morgan fingerprint density at radius 3 is 2.58 bits per heavy atom. The van der Waals surface area contributed by atoms with E-state index in [1.54, 1.807) is 24.3 Å². The van der Waals surface area contributed by atoms with Crippen LogP contribution in [0.15, 0.2) is 24.3 Å². The zero-order valence-electron chi connectivity index (χ0n) is 15.8. The number of nitrogens with one attached hydrogen (secondary N) is 1. The Hall–Kier alpha value is -1.92. The quantitative estimate of drug-likeness (QED) is 0.540. The summed E-state index contributed by atoms with van der Waals surface area (Å²) in [6.07, 6.45) is 3.14. The summed E-state index contributed by atoms with van der Waals surface area (Å²) in [6, 6.07) is 7.20. The van der Waals surface area contributed by atoms with Crippen LogP contribution in [0.25, 0.3) is 0 Å². The zero-order valence-corrected chi connectivity index (χ0v) is 15.8. The van der Waals surface area contributed by atoms with E-state index in [-0.39, 0.29) is 11.9 Å². The third kappa shape index (κ3) is 6.77. The van der Waals surface area contributed by atoms with Gasteiger partial charge in [0.2, 0.25) is 5.91 Å². The van der Waals surface area contributed by atoms with Gasteiger partial charge in [0.15, 0.2) is 0 Å². The van der Waals surface area contributed by atoms with Gasteiger partial charge in [0.1, 0.15) is 0 Å². The van der Waals surface area contributed by atoms with Gasteiger partial charge in [-0.1, -0.05) is 13.3 Å². The molecule has 1 aromatic rings. The fourth-order valence-electron chi connectivity index (χ4n) is 2.85. The van der Waals surface area contributed by atoms with Gasteiger partial charge in [-0.05, 0) is 44.0 Å². The average Bonchev–Trinajstić information content (AvgIpc) is 2.67. The van der Waals surface area contributed by atoms with Gasteiger partial charge in [0.05, 0.1) is 25.4 Å². The second-order valence-corrected chi connectivity index (χ2v) is 6.65. The fourth-order valence-corrected chi connectivity index (χ4v) is 2.85. The molecular weight excluding hydrogens is 332 g/mol. The van der Waals surface area contributed by atoms with Crippen LogP contribution < -0.4 is 5.32 Å². The SMILES string of the molecule is CCCCOC(=O)c1ccc(NC(=O)CC[C@@H](C)N2CCOCC2)cc1. The first-order valence-corrected chi connectivity index (χ1v) is 9.49. The zero-order chi connectivity index (χ0) is 18.8. The molecule has 1 amide bonds. The van der Waals surface area contributed by atoms with Crippen molar-refractivity contribution < 1.29 is 19.1 Å². The van der Waals surface area contributed by atoms with Crippen LogP contribution in [0.1, 0.15) is 49.9 Å². The maximum atomic E-state index is 12.1. The lowest BCUT2D eigenvalue weighted by atomic mass is 10.1. The van der Waals surface area contributed by atoms with Gasteiger partial charge in [0, 0.05) is 31.2 Å². The van der Waals surface area contributed by atoms with E-state index >= 15 is 0 Å². The number of esters is 1. The van der Waals surface area contributed by atoms with E-state index in [9.17, 15) is 9.59 Å². The summed E-state index contributed by atoms with van der Waals surface area (Å²) in [5.41, 5.74) is 1.19. The van der Waals surface area contributed by atoms with E-state index in [0.717, 1.165) is 45.6 Å². The van der Waals surface area contributed by atoms with Gasteiger partial charge < -0.3 is 14.8 Å². The Labute approximate surface area is 155 Å². The average molecular weight is 362 g/mol. The lowest BCUT2D eigenvalue weighted by Crippen LogP contribution is -2.42. The number of amides is 1. The van der Waals surface area contributed by atoms with Gasteiger partial charge >= 0.3 is 5.97 Å². The molecule has 1 aromatic carbocycles. The molecule has 0 spiro atoms. The standard InChI is InChI=1S/C20H30N2O4/c1-3-4-13-26-20(24)17-6-8-18(9-7-17)21-19(23)10-5-16(2)22-11-14-25-15-12-22/h6-9,16H,3-5,10-15H2,1-2H3,(H,21,23)/t16-/m1/s1. The Morgan fingerprint density at radius 2 is 1.92 bits per heavy atom. The normalized spacial score (nSPS) is 16.1. The lowest BCUT2D eigenvalue weighted by molar-refractivity contribution is -0.116. The Morgan fingerprint density at radius 1 is 1.23 bits per heavy atom. The number of carbonyl (C=O) groups is 2. The van der Waals surface area contributed by atoms with E-state index in [1.165, 1.54) is 0 Å². The summed E-state index contributed by atoms with van der Waals surface area (Å²) in [5, 5.41) is 2.88. The number of hydrogen-bond donors (Lipinski definition) is 1. The van der Waals surface area contributed by atoms with Crippen LogP contribution in [-0.2, 0) is 14.3 Å². The summed E-state index contributed by atoms with van der Waals surface area (Å²) in [6.45, 7) is 8.03. The largest absolute Gasteiger partial charge is 0.462 e. The van der Waals surface area contributed by atoms with Crippen LogP contribution in [-0.4, -0.2) is 55.7 Å². The molecular formula is C20H30N2O4. The molecule has 1 fully saturated rings. The highest BCUT2D eigenvalue weighted by Crippen LogP contribution is 2.13. The minimum atomic E-state index is -0.323. The summed E-state index contributed by atoms with van der Waals surface area (Å²) < 4.78 is 10.5. The molecule has 6 nitrogen and oxygen atoms in total. The predicted molar refractivity (Wildman–Crippen MR) is 101 cm³/mol. The highest BCUT2D eigenvalue weighted by molar-refractivity contribution is 5.93. The van der Waals surface area contributed by atoms with Crippen molar-refractivity contribution in [2.45, 2.75) is 45.6 Å². The minimum Gasteiger partial charge on any atom is -0.462 e. The van der Waals surface area contributed by atoms with Gasteiger partial charge in [-0.2, -0.15) is 0 Å². The van der Waals surface area contributed by atoms with Crippen molar-refractivity contribution in [1.82, 2.24) is 4.90 Å². The van der Waals surface area contributed by atoms with Crippen molar-refractivity contribution in [3.05, 3.63) is 29.8 Å². The molecule has 144 valence electrons. The molecule has 0 unspecified atom stereocenters. The Balaban J connectivity index is 1.73. The molecule has 6 heteroatoms. The number of hydrogen-bond acceptors (Lipinski definition) is 5. The third-order valence-electron chi connectivity index (χ3n) is 4.59. The molecule has 1 aliphatic heterocycles. The maximum absolute atomic E-state index is 12.1.